The monoisotopic (exact) mass is 377 g/mol. The maximum atomic E-state index is 14.5. The highest BCUT2D eigenvalue weighted by Gasteiger charge is 2.24. The van der Waals surface area contributed by atoms with E-state index in [1.54, 1.807) is 66.5 Å². The molecule has 0 saturated carbocycles. The summed E-state index contributed by atoms with van der Waals surface area (Å²) in [6, 6.07) is 12.4. The average Bonchev–Trinajstić information content (AvgIpc) is 3.39. The number of carbonyl (C=O) groups excluding carboxylic acids is 1. The van der Waals surface area contributed by atoms with Gasteiger partial charge >= 0.3 is 0 Å². The first-order valence-electron chi connectivity index (χ1n) is 8.49. The molecule has 0 saturated heterocycles. The van der Waals surface area contributed by atoms with Gasteiger partial charge in [-0.3, -0.25) is 4.79 Å². The highest BCUT2D eigenvalue weighted by atomic mass is 19.1. The van der Waals surface area contributed by atoms with E-state index in [1.807, 2.05) is 0 Å². The fraction of sp³-hybridized carbons (Fsp3) is 0.105. The zero-order chi connectivity index (χ0) is 19.5. The largest absolute Gasteiger partial charge is 0.338 e. The summed E-state index contributed by atoms with van der Waals surface area (Å²) in [6.45, 7) is 0. The first-order valence-corrected chi connectivity index (χ1v) is 8.49. The number of nitrogens with one attached hydrogen (secondary N) is 1. The lowest BCUT2D eigenvalue weighted by atomic mass is 10.0. The van der Waals surface area contributed by atoms with Gasteiger partial charge in [-0.1, -0.05) is 24.3 Å². The van der Waals surface area contributed by atoms with Crippen LogP contribution in [0.1, 0.15) is 27.8 Å². The van der Waals surface area contributed by atoms with E-state index in [9.17, 15) is 9.18 Å². The van der Waals surface area contributed by atoms with Crippen molar-refractivity contribution in [1.29, 1.82) is 0 Å². The summed E-state index contributed by atoms with van der Waals surface area (Å²) >= 11 is 0. The Hall–Kier alpha value is -3.88. The molecule has 28 heavy (non-hydrogen) atoms. The van der Waals surface area contributed by atoms with E-state index in [0.717, 1.165) is 0 Å². The topological polar surface area (TPSA) is 90.5 Å². The summed E-state index contributed by atoms with van der Waals surface area (Å²) in [5.41, 5.74) is 1.36. The standard InChI is InChI=1S/C19H16FN7O/c1-26-10-9-21-18(26)17(15-7-2-3-8-16(15)20)23-19(28)13-5-4-6-14(11-13)27-12-22-24-25-27/h2-12,17H,1H3,(H,23,28). The lowest BCUT2D eigenvalue weighted by Gasteiger charge is -2.20. The number of carbonyl (C=O) groups is 1. The van der Waals surface area contributed by atoms with Gasteiger partial charge in [0.15, 0.2) is 0 Å². The highest BCUT2D eigenvalue weighted by Crippen LogP contribution is 2.23. The summed E-state index contributed by atoms with van der Waals surface area (Å²) < 4.78 is 17.6. The zero-order valence-corrected chi connectivity index (χ0v) is 14.9. The average molecular weight is 377 g/mol. The lowest BCUT2D eigenvalue weighted by molar-refractivity contribution is 0.0940. The van der Waals surface area contributed by atoms with Gasteiger partial charge in [0.1, 0.15) is 24.0 Å². The molecule has 4 rings (SSSR count). The van der Waals surface area contributed by atoms with Crippen LogP contribution in [0.5, 0.6) is 0 Å². The Kier molecular flexibility index (Phi) is 4.63. The van der Waals surface area contributed by atoms with Crippen molar-refractivity contribution in [2.24, 2.45) is 7.05 Å². The van der Waals surface area contributed by atoms with E-state index in [4.69, 9.17) is 0 Å². The van der Waals surface area contributed by atoms with Crippen LogP contribution in [-0.2, 0) is 7.05 Å². The molecule has 0 aliphatic carbocycles. The van der Waals surface area contributed by atoms with Crippen molar-refractivity contribution in [3.8, 4) is 5.69 Å². The molecule has 2 aromatic heterocycles. The molecular weight excluding hydrogens is 361 g/mol. The number of hydrogen-bond donors (Lipinski definition) is 1. The molecule has 2 aromatic carbocycles. The normalized spacial score (nSPS) is 11.9. The van der Waals surface area contributed by atoms with Gasteiger partial charge in [-0.05, 0) is 34.7 Å². The van der Waals surface area contributed by atoms with E-state index < -0.39 is 11.9 Å². The van der Waals surface area contributed by atoms with Crippen molar-refractivity contribution < 1.29 is 9.18 Å². The Bertz CT molecular complexity index is 1110. The van der Waals surface area contributed by atoms with Gasteiger partial charge in [-0.25, -0.2) is 14.1 Å². The van der Waals surface area contributed by atoms with Crippen molar-refractivity contribution >= 4 is 5.91 Å². The molecule has 8 nitrogen and oxygen atoms in total. The van der Waals surface area contributed by atoms with Crippen molar-refractivity contribution in [3.05, 3.63) is 90.0 Å². The maximum Gasteiger partial charge on any atom is 0.252 e. The van der Waals surface area contributed by atoms with E-state index in [0.29, 0.717) is 22.6 Å². The molecule has 0 aliphatic heterocycles. The third-order valence-corrected chi connectivity index (χ3v) is 4.33. The molecule has 0 aliphatic rings. The van der Waals surface area contributed by atoms with Crippen LogP contribution in [0.25, 0.3) is 5.69 Å². The van der Waals surface area contributed by atoms with Crippen LogP contribution in [0, 0.1) is 5.82 Å². The van der Waals surface area contributed by atoms with Crippen LogP contribution in [0.2, 0.25) is 0 Å². The zero-order valence-electron chi connectivity index (χ0n) is 14.9. The van der Waals surface area contributed by atoms with Gasteiger partial charge < -0.3 is 9.88 Å². The molecule has 0 bridgehead atoms. The molecule has 1 atom stereocenters. The number of benzene rings is 2. The Morgan fingerprint density at radius 3 is 2.75 bits per heavy atom. The molecule has 0 fully saturated rings. The van der Waals surface area contributed by atoms with Crippen LogP contribution in [0.3, 0.4) is 0 Å². The van der Waals surface area contributed by atoms with Crippen molar-refractivity contribution in [2.45, 2.75) is 6.04 Å². The third kappa shape index (κ3) is 3.37. The van der Waals surface area contributed by atoms with Gasteiger partial charge in [0.05, 0.1) is 5.69 Å². The van der Waals surface area contributed by atoms with Crippen molar-refractivity contribution in [2.75, 3.05) is 0 Å². The minimum absolute atomic E-state index is 0.335. The first-order chi connectivity index (χ1) is 13.6. The summed E-state index contributed by atoms with van der Waals surface area (Å²) in [5, 5.41) is 13.9. The van der Waals surface area contributed by atoms with E-state index >= 15 is 0 Å². The molecule has 1 N–H and O–H groups in total. The van der Waals surface area contributed by atoms with Gasteiger partial charge in [0.25, 0.3) is 5.91 Å². The first kappa shape index (κ1) is 17.5. The van der Waals surface area contributed by atoms with Crippen LogP contribution >= 0.6 is 0 Å². The van der Waals surface area contributed by atoms with Gasteiger partial charge in [0.2, 0.25) is 0 Å². The second-order valence-electron chi connectivity index (χ2n) is 6.13. The molecule has 0 radical (unpaired) electrons. The van der Waals surface area contributed by atoms with Gasteiger partial charge in [-0.15, -0.1) is 5.10 Å². The van der Waals surface area contributed by atoms with Crippen LogP contribution < -0.4 is 5.32 Å². The van der Waals surface area contributed by atoms with E-state index in [-0.39, 0.29) is 5.91 Å². The van der Waals surface area contributed by atoms with Crippen molar-refractivity contribution in [1.82, 2.24) is 35.1 Å². The number of aryl methyl sites for hydroxylation is 1. The molecule has 1 amide bonds. The van der Waals surface area contributed by atoms with Gasteiger partial charge in [-0.2, -0.15) is 0 Å². The number of nitrogens with zero attached hydrogens (tertiary/aromatic N) is 6. The van der Waals surface area contributed by atoms with E-state index in [2.05, 4.69) is 25.8 Å². The Morgan fingerprint density at radius 1 is 1.18 bits per heavy atom. The Balaban J connectivity index is 1.68. The summed E-state index contributed by atoms with van der Waals surface area (Å²) in [7, 11) is 1.79. The molecule has 0 spiro atoms. The predicted octanol–water partition coefficient (Wildman–Crippen LogP) is 2.05. The third-order valence-electron chi connectivity index (χ3n) is 4.33. The molecule has 9 heteroatoms. The Labute approximate surface area is 159 Å². The number of halogens is 1. The minimum atomic E-state index is -0.745. The quantitative estimate of drug-likeness (QED) is 0.575. The maximum absolute atomic E-state index is 14.5. The molecule has 4 aromatic rings. The molecule has 2 heterocycles. The second kappa shape index (κ2) is 7.39. The summed E-state index contributed by atoms with van der Waals surface area (Å²) in [5.74, 6) is -0.264. The van der Waals surface area contributed by atoms with E-state index in [1.165, 1.54) is 17.1 Å². The van der Waals surface area contributed by atoms with Crippen LogP contribution in [-0.4, -0.2) is 35.7 Å². The van der Waals surface area contributed by atoms with Crippen LogP contribution in [0.15, 0.2) is 67.3 Å². The fourth-order valence-electron chi connectivity index (χ4n) is 2.93. The number of aromatic nitrogens is 6. The molecular formula is C19H16FN7O. The predicted molar refractivity (Wildman–Crippen MR) is 98.1 cm³/mol. The molecule has 1 unspecified atom stereocenters. The second-order valence-corrected chi connectivity index (χ2v) is 6.13. The summed E-state index contributed by atoms with van der Waals surface area (Å²) in [6.07, 6.45) is 4.79. The minimum Gasteiger partial charge on any atom is -0.338 e. The molecule has 140 valence electrons. The Morgan fingerprint density at radius 2 is 2.04 bits per heavy atom. The van der Waals surface area contributed by atoms with Gasteiger partial charge in [0, 0.05) is 30.6 Å². The summed E-state index contributed by atoms with van der Waals surface area (Å²) in [4.78, 5) is 17.2. The number of rotatable bonds is 5. The number of tetrazole rings is 1. The van der Waals surface area contributed by atoms with Crippen LogP contribution in [0.4, 0.5) is 4.39 Å². The lowest BCUT2D eigenvalue weighted by Crippen LogP contribution is -2.31. The number of imidazole rings is 1. The van der Waals surface area contributed by atoms with Crippen molar-refractivity contribution in [3.63, 3.8) is 0 Å². The fourth-order valence-corrected chi connectivity index (χ4v) is 2.93. The number of hydrogen-bond acceptors (Lipinski definition) is 5. The smallest absolute Gasteiger partial charge is 0.252 e. The highest BCUT2D eigenvalue weighted by molar-refractivity contribution is 5.95. The SMILES string of the molecule is Cn1ccnc1C(NC(=O)c1cccc(-n2cnnn2)c1)c1ccccc1F. The number of amides is 1.